The number of nitrogens with zero attached hydrogens (tertiary/aromatic N) is 1. The molecule has 3 aromatic carbocycles. The number of fused-ring (bicyclic) bond motifs is 2. The van der Waals surface area contributed by atoms with E-state index in [1.54, 1.807) is 42.8 Å². The maximum atomic E-state index is 12.8. The van der Waals surface area contributed by atoms with E-state index in [2.05, 4.69) is 15.6 Å². The molecule has 34 heavy (non-hydrogen) atoms. The highest BCUT2D eigenvalue weighted by molar-refractivity contribution is 7.99. The Morgan fingerprint density at radius 3 is 2.71 bits per heavy atom. The number of carbonyl (C=O) groups is 2. The summed E-state index contributed by atoms with van der Waals surface area (Å²) < 4.78 is 5.20. The first-order chi connectivity index (χ1) is 16.6. The summed E-state index contributed by atoms with van der Waals surface area (Å²) in [5, 5.41) is 6.86. The van der Waals surface area contributed by atoms with Crippen molar-refractivity contribution in [2.45, 2.75) is 22.8 Å². The molecule has 0 saturated heterocycles. The summed E-state index contributed by atoms with van der Waals surface area (Å²) in [5.41, 5.74) is 2.91. The summed E-state index contributed by atoms with van der Waals surface area (Å²) in [4.78, 5) is 32.6. The third-order valence-corrected chi connectivity index (χ3v) is 7.53. The first-order valence-electron chi connectivity index (χ1n) is 10.7. The average molecular weight is 488 g/mol. The van der Waals surface area contributed by atoms with Gasteiger partial charge >= 0.3 is 0 Å². The predicted octanol–water partition coefficient (Wildman–Crippen LogP) is 5.39. The summed E-state index contributed by atoms with van der Waals surface area (Å²) in [5.74, 6) is 0.453. The van der Waals surface area contributed by atoms with Gasteiger partial charge in [-0.25, -0.2) is 4.98 Å². The van der Waals surface area contributed by atoms with Crippen LogP contribution in [0.1, 0.15) is 36.2 Å². The van der Waals surface area contributed by atoms with E-state index < -0.39 is 0 Å². The summed E-state index contributed by atoms with van der Waals surface area (Å²) >= 11 is 3.09. The van der Waals surface area contributed by atoms with Crippen LogP contribution < -0.4 is 15.4 Å². The van der Waals surface area contributed by atoms with Gasteiger partial charge in [0.1, 0.15) is 5.75 Å². The quantitative estimate of drug-likeness (QED) is 0.381. The highest BCUT2D eigenvalue weighted by Crippen LogP contribution is 2.39. The second kappa shape index (κ2) is 9.70. The van der Waals surface area contributed by atoms with Crippen molar-refractivity contribution in [1.29, 1.82) is 0 Å². The lowest BCUT2D eigenvalue weighted by molar-refractivity contribution is 0.0949. The highest BCUT2D eigenvalue weighted by atomic mass is 32.2. The van der Waals surface area contributed by atoms with Crippen molar-refractivity contribution in [3.05, 3.63) is 99.5 Å². The van der Waals surface area contributed by atoms with Crippen LogP contribution in [0.25, 0.3) is 0 Å². The Morgan fingerprint density at radius 1 is 1.06 bits per heavy atom. The number of carbonyl (C=O) groups excluding carboxylic acids is 2. The van der Waals surface area contributed by atoms with Crippen LogP contribution in [0.2, 0.25) is 0 Å². The first kappa shape index (κ1) is 22.2. The molecule has 2 amide bonds. The minimum atomic E-state index is -0.200. The van der Waals surface area contributed by atoms with Crippen molar-refractivity contribution in [2.24, 2.45) is 0 Å². The largest absolute Gasteiger partial charge is 0.497 e. The van der Waals surface area contributed by atoms with E-state index in [1.165, 1.54) is 11.8 Å². The molecule has 1 aliphatic rings. The topological polar surface area (TPSA) is 80.3 Å². The second-order valence-corrected chi connectivity index (χ2v) is 9.97. The van der Waals surface area contributed by atoms with Crippen LogP contribution in [0.15, 0.2) is 82.7 Å². The van der Waals surface area contributed by atoms with E-state index in [4.69, 9.17) is 4.74 Å². The zero-order valence-electron chi connectivity index (χ0n) is 18.3. The number of thiazole rings is 1. The second-order valence-electron chi connectivity index (χ2n) is 7.69. The molecule has 0 radical (unpaired) electrons. The van der Waals surface area contributed by atoms with E-state index in [9.17, 15) is 9.59 Å². The molecule has 170 valence electrons. The molecule has 1 aliphatic heterocycles. The molecule has 0 aliphatic carbocycles. The Bertz CT molecular complexity index is 1370. The number of amides is 2. The highest BCUT2D eigenvalue weighted by Gasteiger charge is 2.20. The molecular weight excluding hydrogens is 466 g/mol. The molecule has 0 bridgehead atoms. The molecule has 1 aromatic heterocycles. The zero-order valence-corrected chi connectivity index (χ0v) is 20.0. The van der Waals surface area contributed by atoms with Crippen LogP contribution in [-0.2, 0) is 13.0 Å². The molecule has 8 heteroatoms. The number of hydrogen-bond acceptors (Lipinski definition) is 6. The Hall–Kier alpha value is -3.62. The number of rotatable bonds is 6. The van der Waals surface area contributed by atoms with Crippen LogP contribution in [0.4, 0.5) is 5.69 Å². The van der Waals surface area contributed by atoms with E-state index >= 15 is 0 Å². The molecule has 0 spiro atoms. The van der Waals surface area contributed by atoms with Crippen molar-refractivity contribution in [3.8, 4) is 5.75 Å². The van der Waals surface area contributed by atoms with Crippen molar-refractivity contribution in [1.82, 2.24) is 10.3 Å². The Morgan fingerprint density at radius 2 is 1.88 bits per heavy atom. The van der Waals surface area contributed by atoms with Gasteiger partial charge in [0.15, 0.2) is 0 Å². The third-order valence-electron chi connectivity index (χ3n) is 5.38. The molecular formula is C26H21N3O3S2. The molecule has 2 heterocycles. The molecule has 5 rings (SSSR count). The minimum Gasteiger partial charge on any atom is -0.497 e. The van der Waals surface area contributed by atoms with Gasteiger partial charge in [-0.2, -0.15) is 0 Å². The molecule has 4 aromatic rings. The van der Waals surface area contributed by atoms with Gasteiger partial charge in [0.2, 0.25) is 0 Å². The predicted molar refractivity (Wildman–Crippen MR) is 134 cm³/mol. The van der Waals surface area contributed by atoms with Crippen molar-refractivity contribution >= 4 is 40.6 Å². The fraction of sp³-hybridized carbons (Fsp3) is 0.115. The van der Waals surface area contributed by atoms with E-state index in [-0.39, 0.29) is 11.8 Å². The van der Waals surface area contributed by atoms with Crippen molar-refractivity contribution in [2.75, 3.05) is 12.4 Å². The number of methoxy groups -OCH3 is 1. The van der Waals surface area contributed by atoms with Crippen LogP contribution >= 0.6 is 23.1 Å². The summed E-state index contributed by atoms with van der Waals surface area (Å²) in [6.07, 6.45) is 2.53. The van der Waals surface area contributed by atoms with E-state index in [0.29, 0.717) is 23.4 Å². The van der Waals surface area contributed by atoms with Crippen LogP contribution in [-0.4, -0.2) is 23.9 Å². The van der Waals surface area contributed by atoms with Crippen LogP contribution in [0.3, 0.4) is 0 Å². The number of benzene rings is 3. The third kappa shape index (κ3) is 4.83. The molecule has 0 fully saturated rings. The SMILES string of the molecule is COc1ccc(Cc2ncc(CNC(=O)c3ccc4c(c3)NC(=O)c3ccccc3S4)s2)cc1. The Labute approximate surface area is 205 Å². The van der Waals surface area contributed by atoms with Gasteiger partial charge < -0.3 is 15.4 Å². The van der Waals surface area contributed by atoms with Crippen molar-refractivity contribution < 1.29 is 14.3 Å². The minimum absolute atomic E-state index is 0.173. The van der Waals surface area contributed by atoms with Gasteiger partial charge in [-0.05, 0) is 48.0 Å². The van der Waals surface area contributed by atoms with Gasteiger partial charge in [-0.3, -0.25) is 9.59 Å². The van der Waals surface area contributed by atoms with Crippen molar-refractivity contribution in [3.63, 3.8) is 0 Å². The average Bonchev–Trinajstić information content (AvgIpc) is 3.25. The molecule has 6 nitrogen and oxygen atoms in total. The number of nitrogens with one attached hydrogen (secondary N) is 2. The first-order valence-corrected chi connectivity index (χ1v) is 12.3. The number of anilines is 1. The van der Waals surface area contributed by atoms with Gasteiger partial charge in [0.05, 0.1) is 29.9 Å². The fourth-order valence-electron chi connectivity index (χ4n) is 3.61. The lowest BCUT2D eigenvalue weighted by atomic mass is 10.1. The van der Waals surface area contributed by atoms with E-state index in [1.807, 2.05) is 48.5 Å². The number of aromatic nitrogens is 1. The lowest BCUT2D eigenvalue weighted by Gasteiger charge is -2.09. The summed E-state index contributed by atoms with van der Waals surface area (Å²) in [6, 6.07) is 20.8. The summed E-state index contributed by atoms with van der Waals surface area (Å²) in [6.45, 7) is 0.392. The van der Waals surface area contributed by atoms with Gasteiger partial charge in [0, 0.05) is 32.8 Å². The smallest absolute Gasteiger partial charge is 0.256 e. The van der Waals surface area contributed by atoms with Gasteiger partial charge in [0.25, 0.3) is 11.8 Å². The maximum Gasteiger partial charge on any atom is 0.256 e. The molecule has 0 atom stereocenters. The number of ether oxygens (including phenoxy) is 1. The van der Waals surface area contributed by atoms with E-state index in [0.717, 1.165) is 37.4 Å². The van der Waals surface area contributed by atoms with Crippen LogP contribution in [0, 0.1) is 0 Å². The fourth-order valence-corrected chi connectivity index (χ4v) is 5.52. The van der Waals surface area contributed by atoms with Crippen LogP contribution in [0.5, 0.6) is 5.75 Å². The monoisotopic (exact) mass is 487 g/mol. The summed E-state index contributed by atoms with van der Waals surface area (Å²) in [7, 11) is 1.65. The normalized spacial score (nSPS) is 12.2. The maximum absolute atomic E-state index is 12.8. The Balaban J connectivity index is 1.23. The lowest BCUT2D eigenvalue weighted by Crippen LogP contribution is -2.22. The van der Waals surface area contributed by atoms with Gasteiger partial charge in [-0.15, -0.1) is 11.3 Å². The standard InChI is InChI=1S/C26H21N3O3S2/c1-32-18-9-6-16(7-10-18)12-24-27-14-19(33-24)15-28-25(30)17-8-11-23-21(13-17)29-26(31)20-4-2-3-5-22(20)34-23/h2-11,13-14H,12,15H2,1H3,(H,28,30)(H,29,31). The molecule has 0 saturated carbocycles. The molecule has 0 unspecified atom stereocenters. The zero-order chi connectivity index (χ0) is 23.5. The molecule has 2 N–H and O–H groups in total. The van der Waals surface area contributed by atoms with Gasteiger partial charge in [-0.1, -0.05) is 36.0 Å². The number of hydrogen-bond donors (Lipinski definition) is 2. The Kier molecular flexibility index (Phi) is 6.33.